The van der Waals surface area contributed by atoms with Gasteiger partial charge in [-0.15, -0.1) is 0 Å². The molecule has 100 valence electrons. The van der Waals surface area contributed by atoms with Crippen molar-refractivity contribution in [2.75, 3.05) is 6.54 Å². The fourth-order valence-corrected chi connectivity index (χ4v) is 3.21. The Labute approximate surface area is 105 Å². The van der Waals surface area contributed by atoms with E-state index in [2.05, 4.69) is 25.7 Å². The summed E-state index contributed by atoms with van der Waals surface area (Å²) in [6.45, 7) is 9.77. The molecule has 1 fully saturated rings. The van der Waals surface area contributed by atoms with E-state index >= 15 is 0 Å². The van der Waals surface area contributed by atoms with Crippen LogP contribution in [0.1, 0.15) is 53.4 Å². The maximum absolute atomic E-state index is 10.8. The Kier molecular flexibility index (Phi) is 5.44. The van der Waals surface area contributed by atoms with Crippen LogP contribution in [0, 0.1) is 11.8 Å². The number of hydrogen-bond donors (Lipinski definition) is 1. The van der Waals surface area contributed by atoms with E-state index in [1.54, 1.807) is 0 Å². The molecule has 4 unspecified atom stereocenters. The molecule has 1 N–H and O–H groups in total. The standard InChI is InChI=1S/C14H27NO2/c1-5-15(12(4)9-14(16)17)13-8-10(2)6-7-11(13)3/h10-13H,5-9H2,1-4H3,(H,16,17). The Bertz CT molecular complexity index is 255. The van der Waals surface area contributed by atoms with Crippen molar-refractivity contribution in [3.05, 3.63) is 0 Å². The number of nitrogens with zero attached hydrogens (tertiary/aromatic N) is 1. The van der Waals surface area contributed by atoms with Crippen LogP contribution in [0.4, 0.5) is 0 Å². The van der Waals surface area contributed by atoms with Gasteiger partial charge in [0.05, 0.1) is 6.42 Å². The topological polar surface area (TPSA) is 40.5 Å². The minimum absolute atomic E-state index is 0.148. The summed E-state index contributed by atoms with van der Waals surface area (Å²) in [5.74, 6) is 0.789. The molecule has 17 heavy (non-hydrogen) atoms. The molecule has 0 aromatic heterocycles. The van der Waals surface area contributed by atoms with Crippen molar-refractivity contribution in [1.29, 1.82) is 0 Å². The third kappa shape index (κ3) is 3.98. The van der Waals surface area contributed by atoms with Gasteiger partial charge in [-0.2, -0.15) is 0 Å². The first-order chi connectivity index (χ1) is 7.95. The van der Waals surface area contributed by atoms with Gasteiger partial charge in [-0.25, -0.2) is 0 Å². The predicted octanol–water partition coefficient (Wildman–Crippen LogP) is 3.00. The van der Waals surface area contributed by atoms with Crippen molar-refractivity contribution >= 4 is 5.97 Å². The first-order valence-electron chi connectivity index (χ1n) is 6.93. The molecule has 0 aromatic carbocycles. The Morgan fingerprint density at radius 1 is 1.41 bits per heavy atom. The molecule has 0 saturated heterocycles. The van der Waals surface area contributed by atoms with Gasteiger partial charge in [0, 0.05) is 12.1 Å². The van der Waals surface area contributed by atoms with Crippen LogP contribution in [-0.4, -0.2) is 34.6 Å². The maximum Gasteiger partial charge on any atom is 0.304 e. The van der Waals surface area contributed by atoms with Gasteiger partial charge in [-0.1, -0.05) is 27.2 Å². The molecular formula is C14H27NO2. The van der Waals surface area contributed by atoms with E-state index in [9.17, 15) is 4.79 Å². The van der Waals surface area contributed by atoms with Gasteiger partial charge in [0.2, 0.25) is 0 Å². The molecule has 3 heteroatoms. The molecule has 0 bridgehead atoms. The summed E-state index contributed by atoms with van der Waals surface area (Å²) in [7, 11) is 0. The van der Waals surface area contributed by atoms with Crippen molar-refractivity contribution in [1.82, 2.24) is 4.90 Å². The Balaban J connectivity index is 2.67. The second kappa shape index (κ2) is 6.39. The van der Waals surface area contributed by atoms with Crippen molar-refractivity contribution in [3.63, 3.8) is 0 Å². The number of aliphatic carboxylic acids is 1. The van der Waals surface area contributed by atoms with E-state index < -0.39 is 5.97 Å². The van der Waals surface area contributed by atoms with E-state index in [-0.39, 0.29) is 12.5 Å². The lowest BCUT2D eigenvalue weighted by atomic mass is 9.78. The predicted molar refractivity (Wildman–Crippen MR) is 70.1 cm³/mol. The lowest BCUT2D eigenvalue weighted by Gasteiger charge is -2.43. The highest BCUT2D eigenvalue weighted by Crippen LogP contribution is 2.33. The Morgan fingerprint density at radius 2 is 2.06 bits per heavy atom. The van der Waals surface area contributed by atoms with E-state index in [4.69, 9.17) is 5.11 Å². The zero-order chi connectivity index (χ0) is 13.0. The van der Waals surface area contributed by atoms with Crippen LogP contribution in [0.25, 0.3) is 0 Å². The van der Waals surface area contributed by atoms with Crippen LogP contribution in [0.2, 0.25) is 0 Å². The first-order valence-corrected chi connectivity index (χ1v) is 6.93. The molecule has 1 saturated carbocycles. The molecule has 0 radical (unpaired) electrons. The number of carbonyl (C=O) groups is 1. The van der Waals surface area contributed by atoms with Crippen LogP contribution >= 0.6 is 0 Å². The third-order valence-electron chi connectivity index (χ3n) is 4.24. The van der Waals surface area contributed by atoms with Crippen LogP contribution in [0.5, 0.6) is 0 Å². The van der Waals surface area contributed by atoms with E-state index in [1.807, 2.05) is 6.92 Å². The van der Waals surface area contributed by atoms with Crippen LogP contribution in [0.3, 0.4) is 0 Å². The van der Waals surface area contributed by atoms with Gasteiger partial charge in [-0.3, -0.25) is 9.69 Å². The summed E-state index contributed by atoms with van der Waals surface area (Å²) in [6, 6.07) is 0.716. The maximum atomic E-state index is 10.8. The number of carboxylic acids is 1. The molecule has 1 aliphatic rings. The van der Waals surface area contributed by atoms with E-state index in [0.29, 0.717) is 12.0 Å². The van der Waals surface area contributed by atoms with Crippen molar-refractivity contribution < 1.29 is 9.90 Å². The molecule has 3 nitrogen and oxygen atoms in total. The minimum atomic E-state index is -0.688. The SMILES string of the molecule is CCN(C(C)CC(=O)O)C1CC(C)CCC1C. The third-order valence-corrected chi connectivity index (χ3v) is 4.24. The summed E-state index contributed by atoms with van der Waals surface area (Å²) in [5.41, 5.74) is 0. The summed E-state index contributed by atoms with van der Waals surface area (Å²) < 4.78 is 0. The van der Waals surface area contributed by atoms with Gasteiger partial charge in [-0.05, 0) is 38.1 Å². The van der Waals surface area contributed by atoms with E-state index in [0.717, 1.165) is 12.5 Å². The number of hydrogen-bond acceptors (Lipinski definition) is 2. The van der Waals surface area contributed by atoms with Crippen molar-refractivity contribution in [2.45, 2.75) is 65.5 Å². The summed E-state index contributed by atoms with van der Waals surface area (Å²) in [4.78, 5) is 13.2. The zero-order valence-electron chi connectivity index (χ0n) is 11.6. The summed E-state index contributed by atoms with van der Waals surface area (Å²) >= 11 is 0. The molecule has 4 atom stereocenters. The molecule has 0 aliphatic heterocycles. The molecule has 0 spiro atoms. The molecular weight excluding hydrogens is 214 g/mol. The quantitative estimate of drug-likeness (QED) is 0.804. The van der Waals surface area contributed by atoms with Gasteiger partial charge in [0.1, 0.15) is 0 Å². The Hall–Kier alpha value is -0.570. The number of rotatable bonds is 5. The molecule has 1 aliphatic carbocycles. The smallest absolute Gasteiger partial charge is 0.304 e. The highest BCUT2D eigenvalue weighted by molar-refractivity contribution is 5.67. The average molecular weight is 241 g/mol. The van der Waals surface area contributed by atoms with E-state index in [1.165, 1.54) is 19.3 Å². The largest absolute Gasteiger partial charge is 0.481 e. The fourth-order valence-electron chi connectivity index (χ4n) is 3.21. The monoisotopic (exact) mass is 241 g/mol. The summed E-state index contributed by atoms with van der Waals surface area (Å²) in [5, 5.41) is 8.92. The first kappa shape index (κ1) is 14.5. The molecule has 1 rings (SSSR count). The normalized spacial score (nSPS) is 31.5. The van der Waals surface area contributed by atoms with Crippen molar-refractivity contribution in [2.24, 2.45) is 11.8 Å². The minimum Gasteiger partial charge on any atom is -0.481 e. The molecule has 0 aromatic rings. The van der Waals surface area contributed by atoms with Gasteiger partial charge >= 0.3 is 5.97 Å². The summed E-state index contributed by atoms with van der Waals surface area (Å²) in [6.07, 6.45) is 4.08. The average Bonchev–Trinajstić information content (AvgIpc) is 2.23. The fraction of sp³-hybridized carbons (Fsp3) is 0.929. The van der Waals surface area contributed by atoms with Crippen LogP contribution in [-0.2, 0) is 4.79 Å². The van der Waals surface area contributed by atoms with Gasteiger partial charge < -0.3 is 5.11 Å². The van der Waals surface area contributed by atoms with Crippen molar-refractivity contribution in [3.8, 4) is 0 Å². The lowest BCUT2D eigenvalue weighted by Crippen LogP contribution is -2.48. The Morgan fingerprint density at radius 3 is 2.59 bits per heavy atom. The van der Waals surface area contributed by atoms with Crippen LogP contribution in [0.15, 0.2) is 0 Å². The highest BCUT2D eigenvalue weighted by atomic mass is 16.4. The number of carboxylic acid groups (broad SMARTS) is 1. The molecule has 0 heterocycles. The lowest BCUT2D eigenvalue weighted by molar-refractivity contribution is -0.138. The second-order valence-corrected chi connectivity index (χ2v) is 5.74. The highest BCUT2D eigenvalue weighted by Gasteiger charge is 2.32. The van der Waals surface area contributed by atoms with Gasteiger partial charge in [0.25, 0.3) is 0 Å². The van der Waals surface area contributed by atoms with Gasteiger partial charge in [0.15, 0.2) is 0 Å². The molecule has 0 amide bonds. The zero-order valence-corrected chi connectivity index (χ0v) is 11.6. The van der Waals surface area contributed by atoms with Crippen LogP contribution < -0.4 is 0 Å². The second-order valence-electron chi connectivity index (χ2n) is 5.74.